The molecule has 0 aliphatic carbocycles. The van der Waals surface area contributed by atoms with Crippen molar-refractivity contribution in [1.29, 1.82) is 0 Å². The number of furan rings is 1. The molecule has 136 valence electrons. The van der Waals surface area contributed by atoms with Crippen molar-refractivity contribution in [2.45, 2.75) is 0 Å². The molecular weight excluding hydrogens is 340 g/mol. The summed E-state index contributed by atoms with van der Waals surface area (Å²) in [5, 5.41) is 0. The van der Waals surface area contributed by atoms with E-state index < -0.39 is 0 Å². The Kier molecular flexibility index (Phi) is 4.75. The van der Waals surface area contributed by atoms with Crippen LogP contribution in [0.25, 0.3) is 11.3 Å². The summed E-state index contributed by atoms with van der Waals surface area (Å²) in [5.74, 6) is 0.773. The Morgan fingerprint density at radius 2 is 1.56 bits per heavy atom. The summed E-state index contributed by atoms with van der Waals surface area (Å²) in [7, 11) is 0. The van der Waals surface area contributed by atoms with Crippen LogP contribution in [-0.4, -0.2) is 43.3 Å². The minimum Gasteiger partial charge on any atom is -0.453 e. The number of carbonyl (C=O) groups is 2. The molecule has 0 saturated carbocycles. The number of nitrogens with zero attached hydrogens (tertiary/aromatic N) is 2. The Bertz CT molecular complexity index is 941. The van der Waals surface area contributed by atoms with E-state index in [9.17, 15) is 9.59 Å². The molecule has 3 aromatic rings. The lowest BCUT2D eigenvalue weighted by Crippen LogP contribution is -2.48. The molecule has 0 N–H and O–H groups in total. The van der Waals surface area contributed by atoms with Gasteiger partial charge in [0.1, 0.15) is 5.76 Å². The summed E-state index contributed by atoms with van der Waals surface area (Å²) in [4.78, 5) is 28.2. The van der Waals surface area contributed by atoms with Crippen molar-refractivity contribution in [3.8, 4) is 11.3 Å². The van der Waals surface area contributed by atoms with Gasteiger partial charge in [0.15, 0.2) is 12.0 Å². The second-order valence-electron chi connectivity index (χ2n) is 6.48. The maximum absolute atomic E-state index is 13.1. The highest BCUT2D eigenvalue weighted by Crippen LogP contribution is 2.27. The number of amides is 1. The number of para-hydroxylation sites is 1. The Labute approximate surface area is 157 Å². The molecule has 2 aromatic carbocycles. The van der Waals surface area contributed by atoms with Crippen LogP contribution in [0.4, 0.5) is 5.69 Å². The normalized spacial score (nSPS) is 14.2. The molecule has 27 heavy (non-hydrogen) atoms. The van der Waals surface area contributed by atoms with Gasteiger partial charge in [-0.2, -0.15) is 0 Å². The standard InChI is InChI=1S/C22H20N2O3/c25-16-18-10-11-21(27-18)19-8-4-5-9-20(19)22(26)24-14-12-23(13-15-24)17-6-2-1-3-7-17/h1-11,16H,12-15H2. The fourth-order valence-electron chi connectivity index (χ4n) is 3.42. The largest absolute Gasteiger partial charge is 0.453 e. The molecule has 0 unspecified atom stereocenters. The van der Waals surface area contributed by atoms with Crippen molar-refractivity contribution in [3.63, 3.8) is 0 Å². The molecule has 1 saturated heterocycles. The summed E-state index contributed by atoms with van der Waals surface area (Å²) >= 11 is 0. The highest BCUT2D eigenvalue weighted by atomic mass is 16.3. The lowest BCUT2D eigenvalue weighted by Gasteiger charge is -2.36. The first-order valence-electron chi connectivity index (χ1n) is 9.00. The predicted molar refractivity (Wildman–Crippen MR) is 104 cm³/mol. The van der Waals surface area contributed by atoms with Gasteiger partial charge in [-0.05, 0) is 30.3 Å². The first-order valence-corrected chi connectivity index (χ1v) is 9.00. The van der Waals surface area contributed by atoms with Gasteiger partial charge in [0.25, 0.3) is 5.91 Å². The number of rotatable bonds is 4. The Morgan fingerprint density at radius 3 is 2.26 bits per heavy atom. The molecule has 2 heterocycles. The molecule has 1 aliphatic heterocycles. The van der Waals surface area contributed by atoms with Crippen molar-refractivity contribution in [3.05, 3.63) is 78.1 Å². The SMILES string of the molecule is O=Cc1ccc(-c2ccccc2C(=O)N2CCN(c3ccccc3)CC2)o1. The summed E-state index contributed by atoms with van der Waals surface area (Å²) < 4.78 is 5.52. The van der Waals surface area contributed by atoms with Crippen LogP contribution in [0.5, 0.6) is 0 Å². The number of anilines is 1. The van der Waals surface area contributed by atoms with E-state index in [-0.39, 0.29) is 11.7 Å². The zero-order valence-corrected chi connectivity index (χ0v) is 14.9. The molecule has 0 radical (unpaired) electrons. The zero-order chi connectivity index (χ0) is 18.6. The Hall–Kier alpha value is -3.34. The van der Waals surface area contributed by atoms with Gasteiger partial charge in [-0.15, -0.1) is 0 Å². The van der Waals surface area contributed by atoms with Crippen LogP contribution in [-0.2, 0) is 0 Å². The highest BCUT2D eigenvalue weighted by Gasteiger charge is 2.24. The maximum Gasteiger partial charge on any atom is 0.254 e. The van der Waals surface area contributed by atoms with Crippen molar-refractivity contribution < 1.29 is 14.0 Å². The predicted octanol–water partition coefficient (Wildman–Crippen LogP) is 3.72. The molecular formula is C22H20N2O3. The number of aldehydes is 1. The van der Waals surface area contributed by atoms with Crippen LogP contribution >= 0.6 is 0 Å². The third kappa shape index (κ3) is 3.49. The molecule has 1 amide bonds. The number of benzene rings is 2. The molecule has 0 bridgehead atoms. The van der Waals surface area contributed by atoms with Gasteiger partial charge in [-0.3, -0.25) is 9.59 Å². The van der Waals surface area contributed by atoms with Crippen molar-refractivity contribution >= 4 is 17.9 Å². The molecule has 0 spiro atoms. The van der Waals surface area contributed by atoms with Gasteiger partial charge < -0.3 is 14.2 Å². The highest BCUT2D eigenvalue weighted by molar-refractivity contribution is 6.00. The number of hydrogen-bond donors (Lipinski definition) is 0. The van der Waals surface area contributed by atoms with E-state index in [1.165, 1.54) is 5.69 Å². The van der Waals surface area contributed by atoms with E-state index in [0.29, 0.717) is 36.3 Å². The minimum absolute atomic E-state index is 0.0117. The zero-order valence-electron chi connectivity index (χ0n) is 14.9. The lowest BCUT2D eigenvalue weighted by atomic mass is 10.0. The fourth-order valence-corrected chi connectivity index (χ4v) is 3.42. The molecule has 1 fully saturated rings. The third-order valence-corrected chi connectivity index (χ3v) is 4.85. The maximum atomic E-state index is 13.1. The van der Waals surface area contributed by atoms with Crippen LogP contribution < -0.4 is 4.90 Å². The lowest BCUT2D eigenvalue weighted by molar-refractivity contribution is 0.0747. The number of piperazine rings is 1. The van der Waals surface area contributed by atoms with E-state index in [1.54, 1.807) is 12.1 Å². The molecule has 0 atom stereocenters. The van der Waals surface area contributed by atoms with E-state index in [2.05, 4.69) is 17.0 Å². The van der Waals surface area contributed by atoms with E-state index in [0.717, 1.165) is 13.1 Å². The molecule has 1 aromatic heterocycles. The van der Waals surface area contributed by atoms with Gasteiger partial charge in [0, 0.05) is 37.4 Å². The quantitative estimate of drug-likeness (QED) is 0.666. The van der Waals surface area contributed by atoms with Crippen LogP contribution in [0.2, 0.25) is 0 Å². The Balaban J connectivity index is 1.52. The van der Waals surface area contributed by atoms with Crippen molar-refractivity contribution in [1.82, 2.24) is 4.90 Å². The monoisotopic (exact) mass is 360 g/mol. The topological polar surface area (TPSA) is 53.8 Å². The average molecular weight is 360 g/mol. The molecule has 4 rings (SSSR count). The average Bonchev–Trinajstić information content (AvgIpc) is 3.23. The van der Waals surface area contributed by atoms with Gasteiger partial charge in [-0.1, -0.05) is 36.4 Å². The second kappa shape index (κ2) is 7.50. The first kappa shape index (κ1) is 17.1. The van der Waals surface area contributed by atoms with Crippen molar-refractivity contribution in [2.24, 2.45) is 0 Å². The van der Waals surface area contributed by atoms with Crippen LogP contribution in [0, 0.1) is 0 Å². The summed E-state index contributed by atoms with van der Waals surface area (Å²) in [6.45, 7) is 2.93. The minimum atomic E-state index is -0.0117. The van der Waals surface area contributed by atoms with Crippen LogP contribution in [0.1, 0.15) is 20.9 Å². The number of hydrogen-bond acceptors (Lipinski definition) is 4. The smallest absolute Gasteiger partial charge is 0.254 e. The Morgan fingerprint density at radius 1 is 0.852 bits per heavy atom. The van der Waals surface area contributed by atoms with E-state index in [4.69, 9.17) is 4.42 Å². The van der Waals surface area contributed by atoms with E-state index >= 15 is 0 Å². The van der Waals surface area contributed by atoms with Gasteiger partial charge in [0.2, 0.25) is 0 Å². The van der Waals surface area contributed by atoms with Gasteiger partial charge in [-0.25, -0.2) is 0 Å². The van der Waals surface area contributed by atoms with E-state index in [1.807, 2.05) is 47.4 Å². The first-order chi connectivity index (χ1) is 13.3. The summed E-state index contributed by atoms with van der Waals surface area (Å²) in [5.41, 5.74) is 2.49. The van der Waals surface area contributed by atoms with Gasteiger partial charge >= 0.3 is 0 Å². The second-order valence-corrected chi connectivity index (χ2v) is 6.48. The third-order valence-electron chi connectivity index (χ3n) is 4.85. The van der Waals surface area contributed by atoms with Crippen LogP contribution in [0.3, 0.4) is 0 Å². The van der Waals surface area contributed by atoms with Crippen LogP contribution in [0.15, 0.2) is 71.1 Å². The summed E-state index contributed by atoms with van der Waals surface area (Å²) in [6.07, 6.45) is 0.663. The summed E-state index contributed by atoms with van der Waals surface area (Å²) in [6, 6.07) is 21.0. The fraction of sp³-hybridized carbons (Fsp3) is 0.182. The molecule has 5 heteroatoms. The molecule has 1 aliphatic rings. The number of carbonyl (C=O) groups excluding carboxylic acids is 2. The molecule has 5 nitrogen and oxygen atoms in total. The van der Waals surface area contributed by atoms with Gasteiger partial charge in [0.05, 0.1) is 5.56 Å². The van der Waals surface area contributed by atoms with Crippen molar-refractivity contribution in [2.75, 3.05) is 31.1 Å².